The molecule has 0 saturated carbocycles. The van der Waals surface area contributed by atoms with Crippen LogP contribution in [0.3, 0.4) is 0 Å². The van der Waals surface area contributed by atoms with Crippen molar-refractivity contribution in [3.8, 4) is 17.1 Å². The molecule has 1 unspecified atom stereocenters. The summed E-state index contributed by atoms with van der Waals surface area (Å²) in [6, 6.07) is 14.6. The maximum Gasteiger partial charge on any atom is 0.140 e. The molecule has 0 amide bonds. The Balaban J connectivity index is 1.40. The molecule has 1 saturated heterocycles. The third-order valence-corrected chi connectivity index (χ3v) is 6.59. The van der Waals surface area contributed by atoms with Crippen molar-refractivity contribution >= 4 is 22.2 Å². The van der Waals surface area contributed by atoms with Crippen LogP contribution >= 0.6 is 0 Å². The Kier molecular flexibility index (Phi) is 7.11. The number of hydrogen-bond donors (Lipinski definition) is 1. The van der Waals surface area contributed by atoms with Crippen molar-refractivity contribution < 1.29 is 13.9 Å². The maximum absolute atomic E-state index is 12.9. The molecule has 5 rings (SSSR count). The SMILES string of the molecule is COCCOc1ccn2c(-c3ccc4cccc(N5CCC(NC(C)CF)CC5)c4n3)cnc2c1. The highest BCUT2D eigenvalue weighted by atomic mass is 19.1. The molecule has 0 spiro atoms. The van der Waals surface area contributed by atoms with Crippen LogP contribution in [0.2, 0.25) is 0 Å². The number of para-hydroxylation sites is 1. The van der Waals surface area contributed by atoms with Crippen LogP contribution < -0.4 is 15.0 Å². The molecule has 35 heavy (non-hydrogen) atoms. The van der Waals surface area contributed by atoms with Crippen LogP contribution in [0.1, 0.15) is 19.8 Å². The van der Waals surface area contributed by atoms with E-state index in [0.717, 1.165) is 65.3 Å². The van der Waals surface area contributed by atoms with E-state index in [2.05, 4.69) is 39.5 Å². The molecule has 1 aliphatic rings. The Morgan fingerprint density at radius 3 is 2.80 bits per heavy atom. The van der Waals surface area contributed by atoms with Gasteiger partial charge in [-0.05, 0) is 38.0 Å². The number of pyridine rings is 2. The van der Waals surface area contributed by atoms with Crippen molar-refractivity contribution in [2.45, 2.75) is 31.8 Å². The Labute approximate surface area is 204 Å². The van der Waals surface area contributed by atoms with Crippen LogP contribution in [-0.2, 0) is 4.74 Å². The fraction of sp³-hybridized carbons (Fsp3) is 0.407. The molecule has 4 heterocycles. The minimum atomic E-state index is -0.332. The average Bonchev–Trinajstić information content (AvgIpc) is 3.32. The smallest absolute Gasteiger partial charge is 0.140 e. The largest absolute Gasteiger partial charge is 0.491 e. The monoisotopic (exact) mass is 477 g/mol. The number of fused-ring (bicyclic) bond motifs is 2. The number of piperidine rings is 1. The summed E-state index contributed by atoms with van der Waals surface area (Å²) in [7, 11) is 1.66. The summed E-state index contributed by atoms with van der Waals surface area (Å²) in [6.45, 7) is 4.45. The fourth-order valence-electron chi connectivity index (χ4n) is 4.75. The molecular formula is C27H32FN5O2. The van der Waals surface area contributed by atoms with E-state index in [4.69, 9.17) is 14.5 Å². The van der Waals surface area contributed by atoms with Gasteiger partial charge in [0.25, 0.3) is 0 Å². The van der Waals surface area contributed by atoms with Crippen molar-refractivity contribution in [3.05, 3.63) is 54.9 Å². The molecule has 184 valence electrons. The number of rotatable bonds is 9. The van der Waals surface area contributed by atoms with E-state index in [1.807, 2.05) is 41.9 Å². The number of alkyl halides is 1. The summed E-state index contributed by atoms with van der Waals surface area (Å²) in [6.07, 6.45) is 5.80. The predicted molar refractivity (Wildman–Crippen MR) is 137 cm³/mol. The van der Waals surface area contributed by atoms with Crippen molar-refractivity contribution in [2.75, 3.05) is 45.0 Å². The highest BCUT2D eigenvalue weighted by molar-refractivity contribution is 5.92. The van der Waals surface area contributed by atoms with Crippen molar-refractivity contribution in [1.29, 1.82) is 0 Å². The van der Waals surface area contributed by atoms with E-state index >= 15 is 0 Å². The van der Waals surface area contributed by atoms with E-state index < -0.39 is 0 Å². The van der Waals surface area contributed by atoms with Crippen LogP contribution in [-0.4, -0.2) is 66.5 Å². The van der Waals surface area contributed by atoms with Gasteiger partial charge >= 0.3 is 0 Å². The van der Waals surface area contributed by atoms with Gasteiger partial charge in [-0.25, -0.2) is 14.4 Å². The molecule has 7 nitrogen and oxygen atoms in total. The molecule has 3 aromatic heterocycles. The topological polar surface area (TPSA) is 63.9 Å². The quantitative estimate of drug-likeness (QED) is 0.359. The predicted octanol–water partition coefficient (Wildman–Crippen LogP) is 4.49. The molecule has 4 aromatic rings. The van der Waals surface area contributed by atoms with Crippen LogP contribution in [0.5, 0.6) is 5.75 Å². The summed E-state index contributed by atoms with van der Waals surface area (Å²) in [5.41, 5.74) is 4.75. The minimum absolute atomic E-state index is 0.0909. The van der Waals surface area contributed by atoms with Gasteiger partial charge in [0.05, 0.1) is 35.4 Å². The molecule has 1 aliphatic heterocycles. The molecule has 0 radical (unpaired) electrons. The number of nitrogens with zero attached hydrogens (tertiary/aromatic N) is 4. The number of benzene rings is 1. The first-order valence-corrected chi connectivity index (χ1v) is 12.2. The summed E-state index contributed by atoms with van der Waals surface area (Å²) >= 11 is 0. The average molecular weight is 478 g/mol. The van der Waals surface area contributed by atoms with E-state index in [-0.39, 0.29) is 12.7 Å². The van der Waals surface area contributed by atoms with Gasteiger partial charge in [-0.2, -0.15) is 0 Å². The van der Waals surface area contributed by atoms with Gasteiger partial charge in [-0.3, -0.25) is 4.40 Å². The second-order valence-electron chi connectivity index (χ2n) is 9.10. The van der Waals surface area contributed by atoms with Gasteiger partial charge in [0.2, 0.25) is 0 Å². The lowest BCUT2D eigenvalue weighted by Crippen LogP contribution is -2.46. The number of anilines is 1. The molecule has 8 heteroatoms. The molecule has 1 N–H and O–H groups in total. The third-order valence-electron chi connectivity index (χ3n) is 6.59. The molecule has 0 aliphatic carbocycles. The Hall–Kier alpha value is -3.23. The molecule has 1 aromatic carbocycles. The van der Waals surface area contributed by atoms with Gasteiger partial charge in [-0.15, -0.1) is 0 Å². The number of hydrogen-bond acceptors (Lipinski definition) is 6. The van der Waals surface area contributed by atoms with E-state index in [1.165, 1.54) is 0 Å². The van der Waals surface area contributed by atoms with Gasteiger partial charge in [0.1, 0.15) is 24.7 Å². The van der Waals surface area contributed by atoms with Gasteiger partial charge in [0, 0.05) is 49.9 Å². The van der Waals surface area contributed by atoms with Gasteiger partial charge in [0.15, 0.2) is 0 Å². The van der Waals surface area contributed by atoms with Crippen LogP contribution in [0.15, 0.2) is 54.9 Å². The van der Waals surface area contributed by atoms with Crippen LogP contribution in [0, 0.1) is 0 Å². The number of methoxy groups -OCH3 is 1. The Bertz CT molecular complexity index is 1290. The lowest BCUT2D eigenvalue weighted by atomic mass is 10.0. The number of imidazole rings is 1. The highest BCUT2D eigenvalue weighted by Crippen LogP contribution is 2.31. The summed E-state index contributed by atoms with van der Waals surface area (Å²) in [5, 5.41) is 4.51. The highest BCUT2D eigenvalue weighted by Gasteiger charge is 2.22. The summed E-state index contributed by atoms with van der Waals surface area (Å²) in [4.78, 5) is 12.1. The van der Waals surface area contributed by atoms with E-state index in [9.17, 15) is 4.39 Å². The van der Waals surface area contributed by atoms with E-state index in [1.54, 1.807) is 7.11 Å². The lowest BCUT2D eigenvalue weighted by molar-refractivity contribution is 0.146. The van der Waals surface area contributed by atoms with Crippen LogP contribution in [0.4, 0.5) is 10.1 Å². The number of ether oxygens (including phenoxy) is 2. The third kappa shape index (κ3) is 5.09. The molecule has 1 fully saturated rings. The van der Waals surface area contributed by atoms with Crippen molar-refractivity contribution in [2.24, 2.45) is 0 Å². The molecule has 0 bridgehead atoms. The summed E-state index contributed by atoms with van der Waals surface area (Å²) in [5.74, 6) is 0.763. The second kappa shape index (κ2) is 10.6. The second-order valence-corrected chi connectivity index (χ2v) is 9.10. The first kappa shape index (κ1) is 23.5. The Morgan fingerprint density at radius 2 is 2.00 bits per heavy atom. The Morgan fingerprint density at radius 1 is 1.14 bits per heavy atom. The number of nitrogens with one attached hydrogen (secondary N) is 1. The zero-order valence-corrected chi connectivity index (χ0v) is 20.3. The lowest BCUT2D eigenvalue weighted by Gasteiger charge is -2.35. The minimum Gasteiger partial charge on any atom is -0.491 e. The van der Waals surface area contributed by atoms with E-state index in [0.29, 0.717) is 19.3 Å². The van der Waals surface area contributed by atoms with Crippen molar-refractivity contribution in [3.63, 3.8) is 0 Å². The standard InChI is InChI=1S/C27H32FN5O2/c1-19(17-28)30-21-8-11-32(12-9-21)24-5-3-4-20-6-7-23(31-27(20)24)25-18-29-26-16-22(10-13-33(25)26)35-15-14-34-2/h3-7,10,13,16,18-19,21,30H,8-9,11-12,14-15,17H2,1-2H3. The maximum atomic E-state index is 12.9. The molecular weight excluding hydrogens is 445 g/mol. The number of aromatic nitrogens is 3. The fourth-order valence-corrected chi connectivity index (χ4v) is 4.75. The summed E-state index contributed by atoms with van der Waals surface area (Å²) < 4.78 is 25.7. The first-order valence-electron chi connectivity index (χ1n) is 12.2. The van der Waals surface area contributed by atoms with Gasteiger partial charge < -0.3 is 19.7 Å². The number of halogens is 1. The zero-order chi connectivity index (χ0) is 24.2. The zero-order valence-electron chi connectivity index (χ0n) is 20.3. The first-order chi connectivity index (χ1) is 17.2. The van der Waals surface area contributed by atoms with Crippen LogP contribution in [0.25, 0.3) is 27.9 Å². The molecule has 1 atom stereocenters. The normalized spacial score (nSPS) is 15.7. The van der Waals surface area contributed by atoms with Crippen molar-refractivity contribution in [1.82, 2.24) is 19.7 Å². The van der Waals surface area contributed by atoms with Gasteiger partial charge in [-0.1, -0.05) is 18.2 Å².